The molecule has 158 valence electrons. The maximum Gasteiger partial charge on any atom is 0.251 e. The standard InChI is InChI=1S/C24H22ClN3O2S/c25-15-9-7-14(8-10-15)22-21-18(17-5-1-2-6-19(17)26-21)12-20-23(29)27(24(31)28(20)22)13-16-4-3-11-30-16/h1-2,5-10,16,20,22,26H,3-4,11-13H2/t16-,20+,22+/m1/s1. The molecule has 1 aromatic heterocycles. The number of hydrogen-bond donors (Lipinski definition) is 1. The fourth-order valence-electron chi connectivity index (χ4n) is 5.28. The van der Waals surface area contributed by atoms with Crippen molar-refractivity contribution in [2.45, 2.75) is 37.5 Å². The number of H-pyrrole nitrogens is 1. The summed E-state index contributed by atoms with van der Waals surface area (Å²) in [4.78, 5) is 21.1. The molecule has 7 heteroatoms. The van der Waals surface area contributed by atoms with Gasteiger partial charge < -0.3 is 14.6 Å². The molecule has 3 aliphatic heterocycles. The fraction of sp³-hybridized carbons (Fsp3) is 0.333. The van der Waals surface area contributed by atoms with E-state index < -0.39 is 0 Å². The largest absolute Gasteiger partial charge is 0.376 e. The highest BCUT2D eigenvalue weighted by Crippen LogP contribution is 2.44. The van der Waals surface area contributed by atoms with Gasteiger partial charge in [-0.05, 0) is 54.4 Å². The lowest BCUT2D eigenvalue weighted by Gasteiger charge is -2.37. The van der Waals surface area contributed by atoms with Crippen LogP contribution in [0.1, 0.15) is 35.7 Å². The van der Waals surface area contributed by atoms with Gasteiger partial charge in [-0.2, -0.15) is 0 Å². The Morgan fingerprint density at radius 2 is 1.97 bits per heavy atom. The lowest BCUT2D eigenvalue weighted by atomic mass is 9.89. The molecule has 0 aliphatic carbocycles. The number of nitrogens with one attached hydrogen (secondary N) is 1. The van der Waals surface area contributed by atoms with Gasteiger partial charge in [0.15, 0.2) is 5.11 Å². The third kappa shape index (κ3) is 3.00. The van der Waals surface area contributed by atoms with Crippen LogP contribution in [0.5, 0.6) is 0 Å². The number of aromatic amines is 1. The van der Waals surface area contributed by atoms with Gasteiger partial charge in [0.25, 0.3) is 5.91 Å². The molecule has 0 unspecified atom stereocenters. The normalized spacial score (nSPS) is 25.4. The SMILES string of the molecule is O=C1[C@@H]2Cc3c([nH]c4ccccc34)[C@H](c3ccc(Cl)cc3)N2C(=S)N1C[C@H]1CCCO1. The van der Waals surface area contributed by atoms with Crippen molar-refractivity contribution in [2.24, 2.45) is 0 Å². The lowest BCUT2D eigenvalue weighted by Crippen LogP contribution is -2.44. The van der Waals surface area contributed by atoms with Crippen LogP contribution in [0, 0.1) is 0 Å². The molecule has 3 aromatic rings. The van der Waals surface area contributed by atoms with Crippen LogP contribution in [0.4, 0.5) is 0 Å². The van der Waals surface area contributed by atoms with E-state index in [4.69, 9.17) is 28.6 Å². The maximum atomic E-state index is 13.5. The van der Waals surface area contributed by atoms with Crippen LogP contribution < -0.4 is 0 Å². The average molecular weight is 452 g/mol. The number of ether oxygens (including phenoxy) is 1. The summed E-state index contributed by atoms with van der Waals surface area (Å²) >= 11 is 12.1. The maximum absolute atomic E-state index is 13.5. The second-order valence-electron chi connectivity index (χ2n) is 8.51. The summed E-state index contributed by atoms with van der Waals surface area (Å²) in [6.07, 6.45) is 2.72. The van der Waals surface area contributed by atoms with E-state index in [1.165, 1.54) is 10.9 Å². The highest BCUT2D eigenvalue weighted by molar-refractivity contribution is 7.80. The number of nitrogens with zero attached hydrogens (tertiary/aromatic N) is 2. The van der Waals surface area contributed by atoms with Crippen molar-refractivity contribution in [3.63, 3.8) is 0 Å². The first-order chi connectivity index (χ1) is 15.1. The molecule has 1 N–H and O–H groups in total. The van der Waals surface area contributed by atoms with Crippen molar-refractivity contribution >= 4 is 45.7 Å². The van der Waals surface area contributed by atoms with Gasteiger partial charge in [0.2, 0.25) is 0 Å². The summed E-state index contributed by atoms with van der Waals surface area (Å²) in [5.74, 6) is 0.0791. The Morgan fingerprint density at radius 3 is 2.74 bits per heavy atom. The minimum absolute atomic E-state index is 0.0656. The number of thiocarbonyl (C=S) groups is 1. The Balaban J connectivity index is 1.47. The van der Waals surface area contributed by atoms with E-state index in [2.05, 4.69) is 22.0 Å². The Bertz CT molecular complexity index is 1190. The van der Waals surface area contributed by atoms with Crippen molar-refractivity contribution in [1.82, 2.24) is 14.8 Å². The van der Waals surface area contributed by atoms with E-state index in [0.29, 0.717) is 23.1 Å². The van der Waals surface area contributed by atoms with Crippen LogP contribution in [-0.4, -0.2) is 51.1 Å². The predicted molar refractivity (Wildman–Crippen MR) is 124 cm³/mol. The van der Waals surface area contributed by atoms with E-state index in [1.54, 1.807) is 4.90 Å². The van der Waals surface area contributed by atoms with Crippen LogP contribution in [0.2, 0.25) is 5.02 Å². The highest BCUT2D eigenvalue weighted by atomic mass is 35.5. The first-order valence-corrected chi connectivity index (χ1v) is 11.5. The van der Waals surface area contributed by atoms with E-state index in [1.807, 2.05) is 36.4 Å². The molecule has 6 rings (SSSR count). The van der Waals surface area contributed by atoms with Gasteiger partial charge in [-0.1, -0.05) is 41.9 Å². The lowest BCUT2D eigenvalue weighted by molar-refractivity contribution is -0.129. The van der Waals surface area contributed by atoms with Crippen molar-refractivity contribution < 1.29 is 9.53 Å². The number of halogens is 1. The molecule has 1 amide bonds. The summed E-state index contributed by atoms with van der Waals surface area (Å²) in [6, 6.07) is 15.7. The topological polar surface area (TPSA) is 48.6 Å². The Hall–Kier alpha value is -2.41. The quantitative estimate of drug-likeness (QED) is 0.598. The van der Waals surface area contributed by atoms with Gasteiger partial charge in [0, 0.05) is 34.6 Å². The van der Waals surface area contributed by atoms with Crippen LogP contribution in [-0.2, 0) is 16.0 Å². The minimum atomic E-state index is -0.304. The van der Waals surface area contributed by atoms with Crippen LogP contribution in [0.3, 0.4) is 0 Å². The van der Waals surface area contributed by atoms with Gasteiger partial charge in [0.1, 0.15) is 6.04 Å². The number of aromatic nitrogens is 1. The van der Waals surface area contributed by atoms with Crippen molar-refractivity contribution in [3.8, 4) is 0 Å². The molecule has 31 heavy (non-hydrogen) atoms. The Morgan fingerprint density at radius 1 is 1.16 bits per heavy atom. The fourth-order valence-corrected chi connectivity index (χ4v) is 5.80. The monoisotopic (exact) mass is 451 g/mol. The highest BCUT2D eigenvalue weighted by Gasteiger charge is 2.50. The van der Waals surface area contributed by atoms with E-state index in [9.17, 15) is 4.79 Å². The van der Waals surface area contributed by atoms with Crippen LogP contribution in [0.15, 0.2) is 48.5 Å². The molecule has 4 heterocycles. The summed E-state index contributed by atoms with van der Waals surface area (Å²) in [5, 5.41) is 2.45. The third-order valence-corrected chi connectivity index (χ3v) is 7.41. The van der Waals surface area contributed by atoms with E-state index >= 15 is 0 Å². The van der Waals surface area contributed by atoms with Gasteiger partial charge in [-0.25, -0.2) is 0 Å². The zero-order valence-corrected chi connectivity index (χ0v) is 18.5. The molecular weight excluding hydrogens is 430 g/mol. The minimum Gasteiger partial charge on any atom is -0.376 e. The van der Waals surface area contributed by atoms with Crippen LogP contribution in [0.25, 0.3) is 10.9 Å². The number of carbonyl (C=O) groups excluding carboxylic acids is 1. The number of benzene rings is 2. The van der Waals surface area contributed by atoms with Crippen molar-refractivity contribution in [2.75, 3.05) is 13.2 Å². The average Bonchev–Trinajstić information content (AvgIpc) is 3.48. The molecule has 2 saturated heterocycles. The number of hydrogen-bond acceptors (Lipinski definition) is 3. The zero-order valence-electron chi connectivity index (χ0n) is 16.9. The van der Waals surface area contributed by atoms with E-state index in [0.717, 1.165) is 36.2 Å². The van der Waals surface area contributed by atoms with Gasteiger partial charge in [0.05, 0.1) is 18.7 Å². The van der Waals surface area contributed by atoms with Gasteiger partial charge >= 0.3 is 0 Å². The molecular formula is C24H22ClN3O2S. The van der Waals surface area contributed by atoms with E-state index in [-0.39, 0.29) is 24.1 Å². The smallest absolute Gasteiger partial charge is 0.251 e. The molecule has 2 aromatic carbocycles. The van der Waals surface area contributed by atoms with Crippen LogP contribution >= 0.6 is 23.8 Å². The Labute approximate surface area is 190 Å². The second kappa shape index (κ2) is 7.33. The number of carbonyl (C=O) groups is 1. The summed E-state index contributed by atoms with van der Waals surface area (Å²) in [6.45, 7) is 1.29. The number of para-hydroxylation sites is 1. The first kappa shape index (κ1) is 19.3. The predicted octanol–water partition coefficient (Wildman–Crippen LogP) is 4.44. The summed E-state index contributed by atoms with van der Waals surface area (Å²) in [7, 11) is 0. The summed E-state index contributed by atoms with van der Waals surface area (Å²) < 4.78 is 5.80. The third-order valence-electron chi connectivity index (χ3n) is 6.73. The molecule has 0 radical (unpaired) electrons. The number of rotatable bonds is 3. The molecule has 2 fully saturated rings. The van der Waals surface area contributed by atoms with Gasteiger partial charge in [-0.15, -0.1) is 0 Å². The first-order valence-electron chi connectivity index (χ1n) is 10.7. The molecule has 0 spiro atoms. The molecule has 3 aliphatic rings. The summed E-state index contributed by atoms with van der Waals surface area (Å²) in [5.41, 5.74) is 4.46. The number of fused-ring (bicyclic) bond motifs is 4. The van der Waals surface area contributed by atoms with Crippen molar-refractivity contribution in [3.05, 3.63) is 70.4 Å². The Kier molecular flexibility index (Phi) is 4.56. The second-order valence-corrected chi connectivity index (χ2v) is 9.31. The zero-order chi connectivity index (χ0) is 21.1. The number of amides is 1. The molecule has 0 bridgehead atoms. The molecule has 0 saturated carbocycles. The van der Waals surface area contributed by atoms with Gasteiger partial charge in [-0.3, -0.25) is 9.69 Å². The molecule has 3 atom stereocenters. The van der Waals surface area contributed by atoms with Crippen molar-refractivity contribution in [1.29, 1.82) is 0 Å². The molecule has 5 nitrogen and oxygen atoms in total.